The average Bonchev–Trinajstić information content (AvgIpc) is 2.86. The standard InChI is InChI=1S/C15H13BrN2S/c16-13-7-8-19-15(13)14(18-17)12-6-5-10-3-1-2-4-11(10)9-12/h1-9,14,18H,17H2. The normalized spacial score (nSPS) is 12.7. The summed E-state index contributed by atoms with van der Waals surface area (Å²) < 4.78 is 1.09. The van der Waals surface area contributed by atoms with Gasteiger partial charge in [-0.2, -0.15) is 0 Å². The maximum absolute atomic E-state index is 5.74. The largest absolute Gasteiger partial charge is 0.271 e. The predicted octanol–water partition coefficient (Wildman–Crippen LogP) is 4.22. The van der Waals surface area contributed by atoms with E-state index in [1.165, 1.54) is 21.2 Å². The number of rotatable bonds is 3. The number of nitrogens with one attached hydrogen (secondary N) is 1. The molecule has 0 fully saturated rings. The van der Waals surface area contributed by atoms with Crippen molar-refractivity contribution >= 4 is 38.0 Å². The summed E-state index contributed by atoms with van der Waals surface area (Å²) in [6.07, 6.45) is 0. The first kappa shape index (κ1) is 12.8. The van der Waals surface area contributed by atoms with Crippen molar-refractivity contribution in [2.75, 3.05) is 0 Å². The SMILES string of the molecule is NNC(c1ccc2ccccc2c1)c1sccc1Br. The molecule has 0 bridgehead atoms. The second-order valence-corrected chi connectivity index (χ2v) is 6.14. The Labute approximate surface area is 124 Å². The van der Waals surface area contributed by atoms with E-state index in [9.17, 15) is 0 Å². The van der Waals surface area contributed by atoms with Gasteiger partial charge in [-0.25, -0.2) is 5.43 Å². The molecule has 96 valence electrons. The van der Waals surface area contributed by atoms with Crippen molar-refractivity contribution in [3.05, 3.63) is 68.8 Å². The van der Waals surface area contributed by atoms with E-state index in [1.807, 2.05) is 6.07 Å². The average molecular weight is 333 g/mol. The number of hydrogen-bond acceptors (Lipinski definition) is 3. The van der Waals surface area contributed by atoms with E-state index in [2.05, 4.69) is 69.2 Å². The van der Waals surface area contributed by atoms with Gasteiger partial charge in [0.2, 0.25) is 0 Å². The molecule has 2 aromatic carbocycles. The quantitative estimate of drug-likeness (QED) is 0.556. The molecule has 1 heterocycles. The summed E-state index contributed by atoms with van der Waals surface area (Å²) in [5.74, 6) is 5.74. The van der Waals surface area contributed by atoms with Crippen LogP contribution >= 0.6 is 27.3 Å². The zero-order valence-electron chi connectivity index (χ0n) is 10.1. The van der Waals surface area contributed by atoms with Gasteiger partial charge in [0.05, 0.1) is 6.04 Å². The highest BCUT2D eigenvalue weighted by atomic mass is 79.9. The molecule has 19 heavy (non-hydrogen) atoms. The van der Waals surface area contributed by atoms with Gasteiger partial charge in [0.1, 0.15) is 0 Å². The fraction of sp³-hybridized carbons (Fsp3) is 0.0667. The van der Waals surface area contributed by atoms with Gasteiger partial charge in [-0.15, -0.1) is 11.3 Å². The van der Waals surface area contributed by atoms with Crippen LogP contribution in [-0.4, -0.2) is 0 Å². The van der Waals surface area contributed by atoms with Crippen molar-refractivity contribution in [1.29, 1.82) is 0 Å². The zero-order chi connectivity index (χ0) is 13.2. The van der Waals surface area contributed by atoms with E-state index >= 15 is 0 Å². The molecule has 4 heteroatoms. The molecule has 0 aliphatic carbocycles. The molecule has 0 aliphatic rings. The van der Waals surface area contributed by atoms with Crippen molar-refractivity contribution in [2.45, 2.75) is 6.04 Å². The Bertz CT molecular complexity index is 708. The number of halogens is 1. The fourth-order valence-corrected chi connectivity index (χ4v) is 3.91. The highest BCUT2D eigenvalue weighted by Crippen LogP contribution is 2.33. The lowest BCUT2D eigenvalue weighted by Gasteiger charge is -2.16. The van der Waals surface area contributed by atoms with Gasteiger partial charge in [-0.05, 0) is 49.8 Å². The summed E-state index contributed by atoms with van der Waals surface area (Å²) in [6.45, 7) is 0. The first-order valence-corrected chi connectivity index (χ1v) is 7.64. The third-order valence-corrected chi connectivity index (χ3v) is 5.12. The highest BCUT2D eigenvalue weighted by Gasteiger charge is 2.16. The molecule has 2 nitrogen and oxygen atoms in total. The molecule has 0 radical (unpaired) electrons. The molecule has 0 aliphatic heterocycles. The second-order valence-electron chi connectivity index (χ2n) is 4.34. The predicted molar refractivity (Wildman–Crippen MR) is 85.1 cm³/mol. The van der Waals surface area contributed by atoms with E-state index in [0.717, 1.165) is 4.47 Å². The lowest BCUT2D eigenvalue weighted by atomic mass is 10.0. The molecule has 0 spiro atoms. The van der Waals surface area contributed by atoms with Crippen molar-refractivity contribution < 1.29 is 0 Å². The number of hydrazine groups is 1. The molecule has 3 N–H and O–H groups in total. The Balaban J connectivity index is 2.09. The molecular weight excluding hydrogens is 320 g/mol. The van der Waals surface area contributed by atoms with Gasteiger partial charge in [0.25, 0.3) is 0 Å². The van der Waals surface area contributed by atoms with Crippen LogP contribution in [0.25, 0.3) is 10.8 Å². The van der Waals surface area contributed by atoms with Crippen LogP contribution in [0, 0.1) is 0 Å². The smallest absolute Gasteiger partial charge is 0.0814 e. The molecule has 1 atom stereocenters. The number of fused-ring (bicyclic) bond motifs is 1. The molecule has 0 saturated heterocycles. The Morgan fingerprint density at radius 1 is 1.05 bits per heavy atom. The summed E-state index contributed by atoms with van der Waals surface area (Å²) in [4.78, 5) is 1.19. The highest BCUT2D eigenvalue weighted by molar-refractivity contribution is 9.10. The van der Waals surface area contributed by atoms with Gasteiger partial charge in [-0.1, -0.05) is 36.4 Å². The van der Waals surface area contributed by atoms with Crippen LogP contribution in [-0.2, 0) is 0 Å². The van der Waals surface area contributed by atoms with E-state index in [4.69, 9.17) is 5.84 Å². The maximum Gasteiger partial charge on any atom is 0.0814 e. The summed E-state index contributed by atoms with van der Waals surface area (Å²) >= 11 is 5.26. The molecule has 1 aromatic heterocycles. The number of thiophene rings is 1. The van der Waals surface area contributed by atoms with Crippen molar-refractivity contribution in [1.82, 2.24) is 5.43 Å². The van der Waals surface area contributed by atoms with E-state index in [0.29, 0.717) is 0 Å². The van der Waals surface area contributed by atoms with Crippen LogP contribution in [0.4, 0.5) is 0 Å². The Kier molecular flexibility index (Phi) is 3.66. The Morgan fingerprint density at radius 2 is 1.84 bits per heavy atom. The minimum absolute atomic E-state index is 0.0129. The minimum Gasteiger partial charge on any atom is -0.271 e. The third-order valence-electron chi connectivity index (χ3n) is 3.18. The monoisotopic (exact) mass is 332 g/mol. The summed E-state index contributed by atoms with van der Waals surface area (Å²) in [6, 6.07) is 16.8. The minimum atomic E-state index is 0.0129. The topological polar surface area (TPSA) is 38.0 Å². The fourth-order valence-electron chi connectivity index (χ4n) is 2.22. The number of benzene rings is 2. The summed E-state index contributed by atoms with van der Waals surface area (Å²) in [5, 5.41) is 4.53. The van der Waals surface area contributed by atoms with Gasteiger partial charge >= 0.3 is 0 Å². The van der Waals surface area contributed by atoms with Gasteiger partial charge < -0.3 is 0 Å². The lowest BCUT2D eigenvalue weighted by Crippen LogP contribution is -2.28. The first-order valence-electron chi connectivity index (χ1n) is 5.97. The molecule has 1 unspecified atom stereocenters. The number of hydrogen-bond donors (Lipinski definition) is 2. The second kappa shape index (κ2) is 5.43. The van der Waals surface area contributed by atoms with Crippen LogP contribution in [0.3, 0.4) is 0 Å². The molecule has 3 rings (SSSR count). The number of nitrogens with two attached hydrogens (primary N) is 1. The third kappa shape index (κ3) is 2.44. The molecular formula is C15H13BrN2S. The van der Waals surface area contributed by atoms with E-state index in [1.54, 1.807) is 11.3 Å². The Hall–Kier alpha value is -1.20. The van der Waals surface area contributed by atoms with Crippen LogP contribution in [0.15, 0.2) is 58.4 Å². The molecule has 3 aromatic rings. The van der Waals surface area contributed by atoms with Crippen molar-refractivity contribution in [2.24, 2.45) is 5.84 Å². The van der Waals surface area contributed by atoms with Crippen LogP contribution < -0.4 is 11.3 Å². The first-order chi connectivity index (χ1) is 9.29. The lowest BCUT2D eigenvalue weighted by molar-refractivity contribution is 0.645. The maximum atomic E-state index is 5.74. The van der Waals surface area contributed by atoms with Gasteiger partial charge in [0, 0.05) is 9.35 Å². The van der Waals surface area contributed by atoms with Crippen LogP contribution in [0.5, 0.6) is 0 Å². The van der Waals surface area contributed by atoms with Crippen LogP contribution in [0.2, 0.25) is 0 Å². The van der Waals surface area contributed by atoms with Crippen LogP contribution in [0.1, 0.15) is 16.5 Å². The zero-order valence-corrected chi connectivity index (χ0v) is 12.5. The van der Waals surface area contributed by atoms with Crippen molar-refractivity contribution in [3.8, 4) is 0 Å². The molecule has 0 saturated carbocycles. The van der Waals surface area contributed by atoms with E-state index in [-0.39, 0.29) is 6.04 Å². The van der Waals surface area contributed by atoms with Gasteiger partial charge in [-0.3, -0.25) is 5.84 Å². The van der Waals surface area contributed by atoms with Gasteiger partial charge in [0.15, 0.2) is 0 Å². The van der Waals surface area contributed by atoms with E-state index < -0.39 is 0 Å². The summed E-state index contributed by atoms with van der Waals surface area (Å²) in [7, 11) is 0. The Morgan fingerprint density at radius 3 is 2.53 bits per heavy atom. The van der Waals surface area contributed by atoms with Crippen molar-refractivity contribution in [3.63, 3.8) is 0 Å². The summed E-state index contributed by atoms with van der Waals surface area (Å²) in [5.41, 5.74) is 4.08. The molecule has 0 amide bonds.